The van der Waals surface area contributed by atoms with E-state index >= 15 is 0 Å². The van der Waals surface area contributed by atoms with Crippen LogP contribution in [0.4, 0.5) is 5.69 Å². The molecule has 1 nitrogen and oxygen atoms in total. The summed E-state index contributed by atoms with van der Waals surface area (Å²) in [5, 5.41) is 0. The van der Waals surface area contributed by atoms with Crippen molar-refractivity contribution in [1.82, 2.24) is 0 Å². The molecule has 0 amide bonds. The smallest absolute Gasteiger partial charge is 0.0325 e. The second-order valence-electron chi connectivity index (χ2n) is 2.70. The van der Waals surface area contributed by atoms with Crippen molar-refractivity contribution in [1.29, 1.82) is 0 Å². The Morgan fingerprint density at radius 1 is 1.54 bits per heavy atom. The Balaban J connectivity index is 2.69. The first kappa shape index (κ1) is 10.5. The Morgan fingerprint density at radius 3 is 3.00 bits per heavy atom. The zero-order valence-electron chi connectivity index (χ0n) is 7.46. The van der Waals surface area contributed by atoms with Crippen LogP contribution in [0.3, 0.4) is 0 Å². The second kappa shape index (κ2) is 5.20. The van der Waals surface area contributed by atoms with Gasteiger partial charge in [-0.3, -0.25) is 0 Å². The second-order valence-corrected chi connectivity index (χ2v) is 4.01. The van der Waals surface area contributed by atoms with E-state index in [9.17, 15) is 0 Å². The highest BCUT2D eigenvalue weighted by Gasteiger charge is 1.97. The summed E-state index contributed by atoms with van der Waals surface area (Å²) in [6, 6.07) is 5.93. The van der Waals surface area contributed by atoms with Crippen molar-refractivity contribution in [3.8, 4) is 0 Å². The summed E-state index contributed by atoms with van der Waals surface area (Å²) >= 11 is 7.15. The molecule has 13 heavy (non-hydrogen) atoms. The van der Waals surface area contributed by atoms with E-state index in [0.717, 1.165) is 11.4 Å². The third-order valence-electron chi connectivity index (χ3n) is 1.64. The first-order chi connectivity index (χ1) is 6.24. The number of nitrogens with two attached hydrogens (primary N) is 1. The molecule has 0 radical (unpaired) electrons. The topological polar surface area (TPSA) is 26.0 Å². The molecule has 70 valence electrons. The molecule has 0 saturated heterocycles. The number of aryl methyl sites for hydroxylation is 1. The van der Waals surface area contributed by atoms with Gasteiger partial charge in [0.1, 0.15) is 0 Å². The normalized spacial score (nSPS) is 10.9. The van der Waals surface area contributed by atoms with Gasteiger partial charge in [0.15, 0.2) is 0 Å². The predicted molar refractivity (Wildman–Crippen MR) is 61.3 cm³/mol. The zero-order valence-corrected chi connectivity index (χ0v) is 9.03. The third-order valence-corrected chi connectivity index (χ3v) is 2.92. The molecule has 0 aliphatic carbocycles. The van der Waals surface area contributed by atoms with Gasteiger partial charge in [-0.15, -0.1) is 11.8 Å². The Kier molecular flexibility index (Phi) is 4.19. The molecule has 0 spiro atoms. The zero-order chi connectivity index (χ0) is 9.68. The highest BCUT2D eigenvalue weighted by Crippen LogP contribution is 2.24. The van der Waals surface area contributed by atoms with Crippen molar-refractivity contribution in [2.24, 2.45) is 0 Å². The van der Waals surface area contributed by atoms with Crippen LogP contribution in [-0.2, 0) is 0 Å². The van der Waals surface area contributed by atoms with Crippen LogP contribution in [0, 0.1) is 6.92 Å². The van der Waals surface area contributed by atoms with Gasteiger partial charge < -0.3 is 5.73 Å². The molecular weight excluding hydrogens is 202 g/mol. The molecule has 2 N–H and O–H groups in total. The van der Waals surface area contributed by atoms with Gasteiger partial charge in [0.2, 0.25) is 0 Å². The van der Waals surface area contributed by atoms with E-state index in [0.29, 0.717) is 0 Å². The summed E-state index contributed by atoms with van der Waals surface area (Å²) < 4.78 is 0. The molecule has 0 fully saturated rings. The Hall–Kier alpha value is -0.600. The van der Waals surface area contributed by atoms with E-state index in [4.69, 9.17) is 17.3 Å². The van der Waals surface area contributed by atoms with Crippen molar-refractivity contribution < 1.29 is 0 Å². The number of hydrogen-bond acceptors (Lipinski definition) is 2. The van der Waals surface area contributed by atoms with Gasteiger partial charge in [-0.05, 0) is 24.6 Å². The van der Waals surface area contributed by atoms with Crippen LogP contribution in [0.5, 0.6) is 0 Å². The molecule has 1 rings (SSSR count). The monoisotopic (exact) mass is 213 g/mol. The van der Waals surface area contributed by atoms with Crippen LogP contribution in [-0.4, -0.2) is 5.75 Å². The van der Waals surface area contributed by atoms with E-state index in [-0.39, 0.29) is 0 Å². The maximum atomic E-state index is 5.67. The minimum atomic E-state index is 0.808. The van der Waals surface area contributed by atoms with Crippen LogP contribution in [0.1, 0.15) is 5.56 Å². The van der Waals surface area contributed by atoms with Crippen molar-refractivity contribution >= 4 is 29.1 Å². The summed E-state index contributed by atoms with van der Waals surface area (Å²) in [6.07, 6.45) is 1.91. The molecule has 3 heteroatoms. The van der Waals surface area contributed by atoms with Crippen molar-refractivity contribution in [3.05, 3.63) is 35.4 Å². The lowest BCUT2D eigenvalue weighted by Gasteiger charge is -2.04. The molecule has 0 aromatic heterocycles. The lowest BCUT2D eigenvalue weighted by molar-refractivity contribution is 1.31. The van der Waals surface area contributed by atoms with E-state index in [1.807, 2.05) is 24.3 Å². The third kappa shape index (κ3) is 3.33. The van der Waals surface area contributed by atoms with E-state index in [1.165, 1.54) is 16.0 Å². The van der Waals surface area contributed by atoms with Crippen LogP contribution < -0.4 is 5.73 Å². The van der Waals surface area contributed by atoms with Crippen LogP contribution in [0.25, 0.3) is 0 Å². The number of benzene rings is 1. The number of rotatable bonds is 3. The summed E-state index contributed by atoms with van der Waals surface area (Å²) in [5.41, 5.74) is 9.27. The Morgan fingerprint density at radius 2 is 2.31 bits per heavy atom. The molecule has 1 aromatic rings. The van der Waals surface area contributed by atoms with Gasteiger partial charge in [-0.25, -0.2) is 0 Å². The van der Waals surface area contributed by atoms with Crippen LogP contribution >= 0.6 is 23.4 Å². The lowest BCUT2D eigenvalue weighted by atomic mass is 10.2. The van der Waals surface area contributed by atoms with Gasteiger partial charge >= 0.3 is 0 Å². The van der Waals surface area contributed by atoms with Crippen molar-refractivity contribution in [3.63, 3.8) is 0 Å². The fraction of sp³-hybridized carbons (Fsp3) is 0.200. The van der Waals surface area contributed by atoms with Gasteiger partial charge in [-0.2, -0.15) is 0 Å². The van der Waals surface area contributed by atoms with Crippen LogP contribution in [0.15, 0.2) is 34.7 Å². The number of anilines is 1. The van der Waals surface area contributed by atoms with E-state index in [2.05, 4.69) is 6.92 Å². The average Bonchev–Trinajstić information content (AvgIpc) is 2.11. The quantitative estimate of drug-likeness (QED) is 0.615. The molecule has 0 bridgehead atoms. The first-order valence-electron chi connectivity index (χ1n) is 3.98. The standard InChI is InChI=1S/C10H12ClNS/c1-8-3-4-9(12)7-10(8)13-6-2-5-11/h2-5,7H,6,12H2,1H3. The number of thioether (sulfide) groups is 1. The number of hydrogen-bond donors (Lipinski definition) is 1. The van der Waals surface area contributed by atoms with Gasteiger partial charge in [0.05, 0.1) is 0 Å². The fourth-order valence-corrected chi connectivity index (χ4v) is 2.03. The number of halogens is 1. The number of nitrogen functional groups attached to an aromatic ring is 1. The molecular formula is C10H12ClNS. The first-order valence-corrected chi connectivity index (χ1v) is 5.40. The summed E-state index contributed by atoms with van der Waals surface area (Å²) in [5.74, 6) is 0.883. The highest BCUT2D eigenvalue weighted by molar-refractivity contribution is 7.99. The molecule has 1 aromatic carbocycles. The van der Waals surface area contributed by atoms with Gasteiger partial charge in [0, 0.05) is 21.9 Å². The van der Waals surface area contributed by atoms with E-state index < -0.39 is 0 Å². The largest absolute Gasteiger partial charge is 0.399 e. The Bertz CT molecular complexity index is 310. The molecule has 0 unspecified atom stereocenters. The minimum Gasteiger partial charge on any atom is -0.399 e. The fourth-order valence-electron chi connectivity index (χ4n) is 0.946. The lowest BCUT2D eigenvalue weighted by Crippen LogP contribution is -1.87. The van der Waals surface area contributed by atoms with E-state index in [1.54, 1.807) is 11.8 Å². The Labute approximate surface area is 88.0 Å². The minimum absolute atomic E-state index is 0.808. The molecule has 0 atom stereocenters. The van der Waals surface area contributed by atoms with Gasteiger partial charge in [-0.1, -0.05) is 23.7 Å². The average molecular weight is 214 g/mol. The van der Waals surface area contributed by atoms with Crippen molar-refractivity contribution in [2.45, 2.75) is 11.8 Å². The summed E-state index contributed by atoms with van der Waals surface area (Å²) in [4.78, 5) is 1.22. The van der Waals surface area contributed by atoms with Crippen molar-refractivity contribution in [2.75, 3.05) is 11.5 Å². The van der Waals surface area contributed by atoms with Crippen LogP contribution in [0.2, 0.25) is 0 Å². The maximum absolute atomic E-state index is 5.67. The van der Waals surface area contributed by atoms with Gasteiger partial charge in [0.25, 0.3) is 0 Å². The molecule has 0 aliphatic rings. The molecule has 0 heterocycles. The summed E-state index contributed by atoms with van der Waals surface area (Å²) in [7, 11) is 0. The SMILES string of the molecule is Cc1ccc(N)cc1SCC=CCl. The highest BCUT2D eigenvalue weighted by atomic mass is 35.5. The molecule has 0 aliphatic heterocycles. The summed E-state index contributed by atoms with van der Waals surface area (Å²) in [6.45, 7) is 2.08. The maximum Gasteiger partial charge on any atom is 0.0325 e. The predicted octanol–water partition coefficient (Wildman–Crippen LogP) is 3.42. The molecule has 0 saturated carbocycles.